The molecule has 1 fully saturated rings. The zero-order valence-corrected chi connectivity index (χ0v) is 13.5. The van der Waals surface area contributed by atoms with Crippen molar-refractivity contribution in [1.29, 1.82) is 0 Å². The number of aryl methyl sites for hydroxylation is 1. The summed E-state index contributed by atoms with van der Waals surface area (Å²) in [4.78, 5) is 18.9. The Hall–Kier alpha value is -2.44. The standard InChI is InChI=1S/C17H21N5O2/c23-17(24)14-8-19-15(9-18-14)20-13-7-3-4-11-10-22(21-16(11)13)12-5-1-2-6-12/h8-10,12-13H,1-7H2,(H,19,20)(H,23,24). The molecule has 126 valence electrons. The molecule has 2 aliphatic carbocycles. The molecule has 0 amide bonds. The van der Waals surface area contributed by atoms with Crippen LogP contribution in [0.15, 0.2) is 18.6 Å². The maximum atomic E-state index is 10.9. The van der Waals surface area contributed by atoms with E-state index in [0.29, 0.717) is 11.9 Å². The molecule has 1 unspecified atom stereocenters. The molecule has 1 saturated carbocycles. The average Bonchev–Trinajstić information content (AvgIpc) is 3.25. The number of aromatic carboxylic acids is 1. The van der Waals surface area contributed by atoms with Crippen molar-refractivity contribution in [3.8, 4) is 0 Å². The van der Waals surface area contributed by atoms with Gasteiger partial charge in [-0.15, -0.1) is 0 Å². The average molecular weight is 327 g/mol. The maximum absolute atomic E-state index is 10.9. The molecule has 7 heteroatoms. The Kier molecular flexibility index (Phi) is 3.92. The number of nitrogens with one attached hydrogen (secondary N) is 1. The summed E-state index contributed by atoms with van der Waals surface area (Å²) < 4.78 is 2.16. The van der Waals surface area contributed by atoms with E-state index >= 15 is 0 Å². The molecule has 0 saturated heterocycles. The van der Waals surface area contributed by atoms with Crippen molar-refractivity contribution in [2.75, 3.05) is 5.32 Å². The first kappa shape index (κ1) is 15.1. The number of hydrogen-bond donors (Lipinski definition) is 2. The fourth-order valence-corrected chi connectivity index (χ4v) is 3.75. The first-order valence-corrected chi connectivity index (χ1v) is 8.60. The lowest BCUT2D eigenvalue weighted by Gasteiger charge is -2.22. The minimum absolute atomic E-state index is 0.0459. The van der Waals surface area contributed by atoms with Gasteiger partial charge in [-0.2, -0.15) is 5.10 Å². The summed E-state index contributed by atoms with van der Waals surface area (Å²) in [6.07, 6.45) is 13.2. The van der Waals surface area contributed by atoms with Crippen LogP contribution in [0.2, 0.25) is 0 Å². The van der Waals surface area contributed by atoms with Gasteiger partial charge >= 0.3 is 5.97 Å². The highest BCUT2D eigenvalue weighted by molar-refractivity contribution is 5.84. The molecule has 0 radical (unpaired) electrons. The Labute approximate surface area is 140 Å². The molecular weight excluding hydrogens is 306 g/mol. The number of fused-ring (bicyclic) bond motifs is 1. The predicted octanol–water partition coefficient (Wildman–Crippen LogP) is 2.98. The molecule has 2 heterocycles. The highest BCUT2D eigenvalue weighted by Gasteiger charge is 2.27. The zero-order chi connectivity index (χ0) is 16.5. The summed E-state index contributed by atoms with van der Waals surface area (Å²) in [7, 11) is 0. The molecule has 2 aliphatic rings. The van der Waals surface area contributed by atoms with Crippen molar-refractivity contribution in [3.63, 3.8) is 0 Å². The summed E-state index contributed by atoms with van der Waals surface area (Å²) in [6, 6.07) is 0.660. The number of carbonyl (C=O) groups is 1. The third kappa shape index (κ3) is 2.86. The van der Waals surface area contributed by atoms with Crippen LogP contribution < -0.4 is 5.32 Å². The van der Waals surface area contributed by atoms with E-state index in [0.717, 1.165) is 25.0 Å². The lowest BCUT2D eigenvalue weighted by molar-refractivity contribution is 0.0690. The van der Waals surface area contributed by atoms with Crippen molar-refractivity contribution in [1.82, 2.24) is 19.7 Å². The van der Waals surface area contributed by atoms with Gasteiger partial charge < -0.3 is 10.4 Å². The third-order valence-electron chi connectivity index (χ3n) is 5.00. The van der Waals surface area contributed by atoms with E-state index in [1.54, 1.807) is 0 Å². The molecule has 0 spiro atoms. The van der Waals surface area contributed by atoms with Gasteiger partial charge in [0.05, 0.1) is 30.2 Å². The van der Waals surface area contributed by atoms with Crippen LogP contribution in [-0.4, -0.2) is 30.8 Å². The lowest BCUT2D eigenvalue weighted by atomic mass is 9.94. The second-order valence-corrected chi connectivity index (χ2v) is 6.64. The second-order valence-electron chi connectivity index (χ2n) is 6.64. The minimum atomic E-state index is -1.07. The SMILES string of the molecule is O=C(O)c1cnc(NC2CCCc3cn(C4CCCC4)nc32)cn1. The van der Waals surface area contributed by atoms with Crippen molar-refractivity contribution < 1.29 is 9.90 Å². The number of aromatic nitrogens is 4. The van der Waals surface area contributed by atoms with Crippen molar-refractivity contribution in [2.45, 2.75) is 57.0 Å². The normalized spacial score (nSPS) is 20.8. The van der Waals surface area contributed by atoms with Crippen LogP contribution in [0.25, 0.3) is 0 Å². The van der Waals surface area contributed by atoms with Crippen LogP contribution in [0.1, 0.15) is 72.4 Å². The Bertz CT molecular complexity index is 734. The maximum Gasteiger partial charge on any atom is 0.356 e. The van der Waals surface area contributed by atoms with Crippen LogP contribution in [0.4, 0.5) is 5.82 Å². The highest BCUT2D eigenvalue weighted by atomic mass is 16.4. The first-order valence-electron chi connectivity index (χ1n) is 8.60. The fourth-order valence-electron chi connectivity index (χ4n) is 3.75. The van der Waals surface area contributed by atoms with Gasteiger partial charge in [-0.1, -0.05) is 12.8 Å². The van der Waals surface area contributed by atoms with E-state index in [9.17, 15) is 4.79 Å². The number of hydrogen-bond acceptors (Lipinski definition) is 5. The quantitative estimate of drug-likeness (QED) is 0.897. The fraction of sp³-hybridized carbons (Fsp3) is 0.529. The highest BCUT2D eigenvalue weighted by Crippen LogP contribution is 2.34. The van der Waals surface area contributed by atoms with Crippen LogP contribution in [-0.2, 0) is 6.42 Å². The molecule has 2 aromatic heterocycles. The van der Waals surface area contributed by atoms with E-state index in [-0.39, 0.29) is 11.7 Å². The Morgan fingerprint density at radius 2 is 2.00 bits per heavy atom. The van der Waals surface area contributed by atoms with Crippen molar-refractivity contribution in [2.24, 2.45) is 0 Å². The number of anilines is 1. The Balaban J connectivity index is 1.54. The van der Waals surface area contributed by atoms with Gasteiger partial charge in [0.15, 0.2) is 5.69 Å². The van der Waals surface area contributed by atoms with E-state index in [4.69, 9.17) is 10.2 Å². The van der Waals surface area contributed by atoms with E-state index in [1.165, 1.54) is 43.6 Å². The van der Waals surface area contributed by atoms with Crippen LogP contribution in [0.3, 0.4) is 0 Å². The molecule has 4 rings (SSSR count). The molecule has 2 aromatic rings. The van der Waals surface area contributed by atoms with E-state index in [2.05, 4.69) is 26.2 Å². The van der Waals surface area contributed by atoms with Crippen molar-refractivity contribution in [3.05, 3.63) is 35.5 Å². The molecule has 24 heavy (non-hydrogen) atoms. The number of carboxylic acid groups (broad SMARTS) is 1. The molecule has 7 nitrogen and oxygen atoms in total. The largest absolute Gasteiger partial charge is 0.476 e. The zero-order valence-electron chi connectivity index (χ0n) is 13.5. The molecule has 2 N–H and O–H groups in total. The number of carboxylic acids is 1. The lowest BCUT2D eigenvalue weighted by Crippen LogP contribution is -2.18. The monoisotopic (exact) mass is 327 g/mol. The summed E-state index contributed by atoms with van der Waals surface area (Å²) in [5.74, 6) is -0.474. The summed E-state index contributed by atoms with van der Waals surface area (Å²) in [5.41, 5.74) is 2.38. The summed E-state index contributed by atoms with van der Waals surface area (Å²) in [5, 5.41) is 17.1. The molecular formula is C17H21N5O2. The predicted molar refractivity (Wildman–Crippen MR) is 88.0 cm³/mol. The molecule has 0 aromatic carbocycles. The van der Waals surface area contributed by atoms with Crippen LogP contribution in [0.5, 0.6) is 0 Å². The molecule has 0 bridgehead atoms. The van der Waals surface area contributed by atoms with Gasteiger partial charge in [0.1, 0.15) is 5.82 Å². The second kappa shape index (κ2) is 6.22. The van der Waals surface area contributed by atoms with Gasteiger partial charge in [-0.3, -0.25) is 4.68 Å². The molecule has 0 aliphatic heterocycles. The van der Waals surface area contributed by atoms with E-state index < -0.39 is 5.97 Å². The third-order valence-corrected chi connectivity index (χ3v) is 5.00. The minimum Gasteiger partial charge on any atom is -0.476 e. The van der Waals surface area contributed by atoms with Crippen LogP contribution >= 0.6 is 0 Å². The topological polar surface area (TPSA) is 92.9 Å². The van der Waals surface area contributed by atoms with Gasteiger partial charge in [0.25, 0.3) is 0 Å². The van der Waals surface area contributed by atoms with Gasteiger partial charge in [-0.25, -0.2) is 14.8 Å². The summed E-state index contributed by atoms with van der Waals surface area (Å²) >= 11 is 0. The van der Waals surface area contributed by atoms with Gasteiger partial charge in [-0.05, 0) is 37.7 Å². The van der Waals surface area contributed by atoms with Crippen LogP contribution in [0, 0.1) is 0 Å². The number of rotatable bonds is 4. The van der Waals surface area contributed by atoms with E-state index in [1.807, 2.05) is 0 Å². The molecule has 1 atom stereocenters. The Morgan fingerprint density at radius 1 is 1.17 bits per heavy atom. The smallest absolute Gasteiger partial charge is 0.356 e. The van der Waals surface area contributed by atoms with Gasteiger partial charge in [0.2, 0.25) is 0 Å². The van der Waals surface area contributed by atoms with Crippen molar-refractivity contribution >= 4 is 11.8 Å². The number of nitrogens with zero attached hydrogens (tertiary/aromatic N) is 4. The van der Waals surface area contributed by atoms with Gasteiger partial charge in [0, 0.05) is 6.20 Å². The first-order chi connectivity index (χ1) is 11.7. The Morgan fingerprint density at radius 3 is 2.71 bits per heavy atom. The summed E-state index contributed by atoms with van der Waals surface area (Å²) in [6.45, 7) is 0.